The minimum atomic E-state index is 1.01. The van der Waals surface area contributed by atoms with Gasteiger partial charge in [0, 0.05) is 0 Å². The Hall–Kier alpha value is -0.780. The second-order valence-corrected chi connectivity index (χ2v) is 5.40. The van der Waals surface area contributed by atoms with E-state index in [1.807, 2.05) is 0 Å². The van der Waals surface area contributed by atoms with Gasteiger partial charge in [0.05, 0.1) is 0 Å². The first-order valence-electron chi connectivity index (χ1n) is 6.82. The van der Waals surface area contributed by atoms with Crippen LogP contribution in [-0.4, -0.2) is 0 Å². The Bertz CT molecular complexity index is 332. The van der Waals surface area contributed by atoms with Gasteiger partial charge in [-0.1, -0.05) is 50.3 Å². The summed E-state index contributed by atoms with van der Waals surface area (Å²) in [5.41, 5.74) is 4.53. The second-order valence-electron chi connectivity index (χ2n) is 5.40. The minimum absolute atomic E-state index is 1.01. The monoisotopic (exact) mass is 216 g/mol. The highest BCUT2D eigenvalue weighted by Gasteiger charge is 2.13. The predicted octanol–water partition coefficient (Wildman–Crippen LogP) is 4.82. The van der Waals surface area contributed by atoms with Gasteiger partial charge in [0.15, 0.2) is 0 Å². The van der Waals surface area contributed by atoms with E-state index < -0.39 is 0 Å². The molecule has 0 unspecified atom stereocenters. The summed E-state index contributed by atoms with van der Waals surface area (Å²) in [6, 6.07) is 6.74. The lowest BCUT2D eigenvalue weighted by molar-refractivity contribution is 0.339. The van der Waals surface area contributed by atoms with Crippen LogP contribution in [0.4, 0.5) is 0 Å². The summed E-state index contributed by atoms with van der Waals surface area (Å²) < 4.78 is 0. The lowest BCUT2D eigenvalue weighted by atomic mass is 9.84. The molecular weight excluding hydrogens is 192 g/mol. The first-order valence-corrected chi connectivity index (χ1v) is 6.82. The Morgan fingerprint density at radius 3 is 2.56 bits per heavy atom. The average molecular weight is 216 g/mol. The molecule has 0 heterocycles. The van der Waals surface area contributed by atoms with Crippen LogP contribution >= 0.6 is 0 Å². The lowest BCUT2D eigenvalue weighted by Crippen LogP contribution is -2.07. The topological polar surface area (TPSA) is 0 Å². The maximum Gasteiger partial charge on any atom is -0.0274 e. The zero-order valence-electron chi connectivity index (χ0n) is 10.8. The van der Waals surface area contributed by atoms with Crippen molar-refractivity contribution in [3.63, 3.8) is 0 Å². The SMILES string of the molecule is Cc1cccc(CCC2CCCCC2)c1C. The molecule has 0 heteroatoms. The second kappa shape index (κ2) is 5.52. The molecule has 1 aromatic carbocycles. The quantitative estimate of drug-likeness (QED) is 0.679. The molecule has 0 N–H and O–H groups in total. The van der Waals surface area contributed by atoms with E-state index in [-0.39, 0.29) is 0 Å². The zero-order valence-corrected chi connectivity index (χ0v) is 10.8. The van der Waals surface area contributed by atoms with Crippen molar-refractivity contribution in [1.29, 1.82) is 0 Å². The first kappa shape index (κ1) is 11.7. The molecular formula is C16H24. The van der Waals surface area contributed by atoms with Crippen LogP contribution in [0, 0.1) is 19.8 Å². The summed E-state index contributed by atoms with van der Waals surface area (Å²) in [5.74, 6) is 1.01. The van der Waals surface area contributed by atoms with Gasteiger partial charge in [-0.3, -0.25) is 0 Å². The van der Waals surface area contributed by atoms with Crippen LogP contribution in [0.5, 0.6) is 0 Å². The molecule has 1 aliphatic carbocycles. The van der Waals surface area contributed by atoms with Crippen molar-refractivity contribution in [1.82, 2.24) is 0 Å². The molecule has 0 aromatic heterocycles. The summed E-state index contributed by atoms with van der Waals surface area (Å²) >= 11 is 0. The molecule has 0 aliphatic heterocycles. The fraction of sp³-hybridized carbons (Fsp3) is 0.625. The Morgan fingerprint density at radius 1 is 1.06 bits per heavy atom. The van der Waals surface area contributed by atoms with Gasteiger partial charge in [0.25, 0.3) is 0 Å². The van der Waals surface area contributed by atoms with Crippen molar-refractivity contribution >= 4 is 0 Å². The van der Waals surface area contributed by atoms with Gasteiger partial charge in [-0.05, 0) is 49.3 Å². The molecule has 1 aromatic rings. The Balaban J connectivity index is 1.91. The van der Waals surface area contributed by atoms with E-state index in [9.17, 15) is 0 Å². The fourth-order valence-electron chi connectivity index (χ4n) is 2.92. The van der Waals surface area contributed by atoms with Gasteiger partial charge in [-0.25, -0.2) is 0 Å². The van der Waals surface area contributed by atoms with Gasteiger partial charge >= 0.3 is 0 Å². The molecule has 16 heavy (non-hydrogen) atoms. The van der Waals surface area contributed by atoms with E-state index in [1.54, 1.807) is 5.56 Å². The van der Waals surface area contributed by atoms with Gasteiger partial charge < -0.3 is 0 Å². The highest BCUT2D eigenvalue weighted by Crippen LogP contribution is 2.28. The molecule has 0 spiro atoms. The molecule has 0 saturated heterocycles. The van der Waals surface area contributed by atoms with E-state index in [0.29, 0.717) is 0 Å². The minimum Gasteiger partial charge on any atom is -0.0617 e. The van der Waals surface area contributed by atoms with Gasteiger partial charge in [-0.2, -0.15) is 0 Å². The van der Waals surface area contributed by atoms with Crippen LogP contribution in [0.3, 0.4) is 0 Å². The van der Waals surface area contributed by atoms with Crippen LogP contribution in [0.2, 0.25) is 0 Å². The zero-order chi connectivity index (χ0) is 11.4. The number of aryl methyl sites for hydroxylation is 2. The maximum atomic E-state index is 2.31. The number of hydrogen-bond acceptors (Lipinski definition) is 0. The standard InChI is InChI=1S/C16H24/c1-13-7-6-10-16(14(13)2)12-11-15-8-4-3-5-9-15/h6-7,10,15H,3-5,8-9,11-12H2,1-2H3. The fourth-order valence-corrected chi connectivity index (χ4v) is 2.92. The van der Waals surface area contributed by atoms with Crippen LogP contribution in [0.15, 0.2) is 18.2 Å². The average Bonchev–Trinajstić information content (AvgIpc) is 2.32. The van der Waals surface area contributed by atoms with Crippen LogP contribution in [0.25, 0.3) is 0 Å². The van der Waals surface area contributed by atoms with Crippen molar-refractivity contribution < 1.29 is 0 Å². The van der Waals surface area contributed by atoms with Crippen molar-refractivity contribution in [2.75, 3.05) is 0 Å². The van der Waals surface area contributed by atoms with Crippen LogP contribution in [0.1, 0.15) is 55.2 Å². The normalized spacial score (nSPS) is 17.6. The maximum absolute atomic E-state index is 2.31. The molecule has 0 amide bonds. The summed E-state index contributed by atoms with van der Waals surface area (Å²) in [4.78, 5) is 0. The molecule has 0 nitrogen and oxygen atoms in total. The van der Waals surface area contributed by atoms with E-state index in [4.69, 9.17) is 0 Å². The molecule has 1 aliphatic rings. The largest absolute Gasteiger partial charge is 0.0617 e. The summed E-state index contributed by atoms with van der Waals surface area (Å²) in [6.07, 6.45) is 10.1. The molecule has 1 saturated carbocycles. The van der Waals surface area contributed by atoms with Crippen molar-refractivity contribution in [2.24, 2.45) is 5.92 Å². The van der Waals surface area contributed by atoms with Crippen molar-refractivity contribution in [3.8, 4) is 0 Å². The van der Waals surface area contributed by atoms with E-state index in [0.717, 1.165) is 5.92 Å². The molecule has 0 bridgehead atoms. The predicted molar refractivity (Wildman–Crippen MR) is 70.8 cm³/mol. The number of hydrogen-bond donors (Lipinski definition) is 0. The van der Waals surface area contributed by atoms with E-state index in [1.165, 1.54) is 56.1 Å². The molecule has 0 atom stereocenters. The van der Waals surface area contributed by atoms with Gasteiger partial charge in [0.2, 0.25) is 0 Å². The third kappa shape index (κ3) is 2.87. The highest BCUT2D eigenvalue weighted by atomic mass is 14.2. The summed E-state index contributed by atoms with van der Waals surface area (Å²) in [5, 5.41) is 0. The van der Waals surface area contributed by atoms with Gasteiger partial charge in [0.1, 0.15) is 0 Å². The smallest absolute Gasteiger partial charge is 0.0274 e. The van der Waals surface area contributed by atoms with Crippen LogP contribution < -0.4 is 0 Å². The van der Waals surface area contributed by atoms with Crippen molar-refractivity contribution in [3.05, 3.63) is 34.9 Å². The number of benzene rings is 1. The Morgan fingerprint density at radius 2 is 1.81 bits per heavy atom. The highest BCUT2D eigenvalue weighted by molar-refractivity contribution is 5.33. The first-order chi connectivity index (χ1) is 7.77. The summed E-state index contributed by atoms with van der Waals surface area (Å²) in [7, 11) is 0. The van der Waals surface area contributed by atoms with E-state index in [2.05, 4.69) is 32.0 Å². The van der Waals surface area contributed by atoms with Gasteiger partial charge in [-0.15, -0.1) is 0 Å². The summed E-state index contributed by atoms with van der Waals surface area (Å²) in [6.45, 7) is 4.49. The number of rotatable bonds is 3. The lowest BCUT2D eigenvalue weighted by Gasteiger charge is -2.21. The third-order valence-electron chi connectivity index (χ3n) is 4.26. The molecule has 1 fully saturated rings. The van der Waals surface area contributed by atoms with Crippen molar-refractivity contribution in [2.45, 2.75) is 58.8 Å². The molecule has 0 radical (unpaired) electrons. The molecule has 88 valence electrons. The Kier molecular flexibility index (Phi) is 4.04. The molecule has 2 rings (SSSR count). The van der Waals surface area contributed by atoms with E-state index >= 15 is 0 Å². The van der Waals surface area contributed by atoms with Crippen LogP contribution in [-0.2, 0) is 6.42 Å². The Labute approximate surface area is 100 Å². The third-order valence-corrected chi connectivity index (χ3v) is 4.26.